The summed E-state index contributed by atoms with van der Waals surface area (Å²) in [5, 5.41) is 16.0. The van der Waals surface area contributed by atoms with E-state index < -0.39 is 6.10 Å². The first kappa shape index (κ1) is 12.9. The first-order valence-corrected chi connectivity index (χ1v) is 6.85. The third kappa shape index (κ3) is 2.12. The number of hydrogen-bond acceptors (Lipinski definition) is 3. The van der Waals surface area contributed by atoms with E-state index in [1.807, 2.05) is 49.0 Å². The Hall–Kier alpha value is -2.07. The van der Waals surface area contributed by atoms with Gasteiger partial charge < -0.3 is 9.52 Å². The van der Waals surface area contributed by atoms with E-state index >= 15 is 0 Å². The van der Waals surface area contributed by atoms with Crippen molar-refractivity contribution < 1.29 is 9.52 Å². The van der Waals surface area contributed by atoms with E-state index in [1.165, 1.54) is 0 Å². The molecule has 1 atom stereocenters. The van der Waals surface area contributed by atoms with Crippen LogP contribution in [0.2, 0.25) is 0 Å². The number of aliphatic hydroxyl groups excluding tert-OH is 1. The van der Waals surface area contributed by atoms with Gasteiger partial charge >= 0.3 is 0 Å². The van der Waals surface area contributed by atoms with E-state index in [1.54, 1.807) is 6.26 Å². The van der Waals surface area contributed by atoms with Gasteiger partial charge in [0.25, 0.3) is 0 Å². The Morgan fingerprint density at radius 1 is 1.30 bits per heavy atom. The SMILES string of the molecule is CCc1occc1C(O)Cc1nn(C)c2ccccc12. The Morgan fingerprint density at radius 2 is 2.10 bits per heavy atom. The lowest BCUT2D eigenvalue weighted by molar-refractivity contribution is 0.175. The highest BCUT2D eigenvalue weighted by molar-refractivity contribution is 5.81. The van der Waals surface area contributed by atoms with Crippen LogP contribution in [0.5, 0.6) is 0 Å². The molecule has 3 aromatic rings. The van der Waals surface area contributed by atoms with E-state index in [9.17, 15) is 5.11 Å². The summed E-state index contributed by atoms with van der Waals surface area (Å²) < 4.78 is 7.23. The van der Waals surface area contributed by atoms with E-state index in [-0.39, 0.29) is 0 Å². The van der Waals surface area contributed by atoms with Crippen LogP contribution < -0.4 is 0 Å². The van der Waals surface area contributed by atoms with Crippen molar-refractivity contribution in [3.05, 3.63) is 53.6 Å². The number of aryl methyl sites for hydroxylation is 2. The van der Waals surface area contributed by atoms with Crippen LogP contribution in [0, 0.1) is 0 Å². The standard InChI is InChI=1S/C16H18N2O2/c1-3-16-12(8-9-20-16)15(19)10-13-11-6-4-5-7-14(11)18(2)17-13/h4-9,15,19H,3,10H2,1-2H3. The lowest BCUT2D eigenvalue weighted by atomic mass is 10.0. The van der Waals surface area contributed by atoms with E-state index in [0.29, 0.717) is 6.42 Å². The minimum Gasteiger partial charge on any atom is -0.469 e. The lowest BCUT2D eigenvalue weighted by Crippen LogP contribution is -2.04. The number of rotatable bonds is 4. The monoisotopic (exact) mass is 270 g/mol. The number of para-hydroxylation sites is 1. The molecule has 0 saturated carbocycles. The molecule has 4 heteroatoms. The van der Waals surface area contributed by atoms with Gasteiger partial charge in [0.05, 0.1) is 23.6 Å². The number of aromatic nitrogens is 2. The summed E-state index contributed by atoms with van der Waals surface area (Å²) >= 11 is 0. The summed E-state index contributed by atoms with van der Waals surface area (Å²) in [6, 6.07) is 9.91. The van der Waals surface area contributed by atoms with Crippen molar-refractivity contribution >= 4 is 10.9 Å². The molecule has 2 aromatic heterocycles. The van der Waals surface area contributed by atoms with Crippen LogP contribution in [0.4, 0.5) is 0 Å². The van der Waals surface area contributed by atoms with Crippen molar-refractivity contribution in [1.82, 2.24) is 9.78 Å². The number of aliphatic hydroxyl groups is 1. The molecule has 0 aliphatic rings. The summed E-state index contributed by atoms with van der Waals surface area (Å²) in [5.41, 5.74) is 2.86. The average Bonchev–Trinajstić information content (AvgIpc) is 3.05. The van der Waals surface area contributed by atoms with Crippen LogP contribution in [0.1, 0.15) is 30.0 Å². The summed E-state index contributed by atoms with van der Waals surface area (Å²) in [7, 11) is 1.92. The van der Waals surface area contributed by atoms with Crippen molar-refractivity contribution in [2.45, 2.75) is 25.9 Å². The van der Waals surface area contributed by atoms with Gasteiger partial charge in [-0.05, 0) is 12.1 Å². The molecule has 2 heterocycles. The predicted molar refractivity (Wildman–Crippen MR) is 77.5 cm³/mol. The largest absolute Gasteiger partial charge is 0.469 e. The molecule has 0 radical (unpaired) electrons. The average molecular weight is 270 g/mol. The minimum absolute atomic E-state index is 0.494. The van der Waals surface area contributed by atoms with Gasteiger partial charge in [0.15, 0.2) is 0 Å². The topological polar surface area (TPSA) is 51.2 Å². The van der Waals surface area contributed by atoms with Gasteiger partial charge in [-0.2, -0.15) is 5.10 Å². The Balaban J connectivity index is 1.93. The third-order valence-electron chi connectivity index (χ3n) is 3.68. The van der Waals surface area contributed by atoms with E-state index in [2.05, 4.69) is 5.10 Å². The highest BCUT2D eigenvalue weighted by atomic mass is 16.3. The number of nitrogens with zero attached hydrogens (tertiary/aromatic N) is 2. The Morgan fingerprint density at radius 3 is 2.90 bits per heavy atom. The van der Waals surface area contributed by atoms with Crippen molar-refractivity contribution in [3.8, 4) is 0 Å². The second kappa shape index (κ2) is 5.13. The predicted octanol–water partition coefficient (Wildman–Crippen LogP) is 3.00. The van der Waals surface area contributed by atoms with Gasteiger partial charge in [0, 0.05) is 30.8 Å². The quantitative estimate of drug-likeness (QED) is 0.793. The fourth-order valence-corrected chi connectivity index (χ4v) is 2.67. The summed E-state index contributed by atoms with van der Waals surface area (Å²) in [6.45, 7) is 2.02. The molecule has 0 spiro atoms. The molecule has 0 aliphatic heterocycles. The molecule has 104 valence electrons. The second-order valence-corrected chi connectivity index (χ2v) is 4.96. The first-order chi connectivity index (χ1) is 9.70. The number of furan rings is 1. The Kier molecular flexibility index (Phi) is 3.32. The highest BCUT2D eigenvalue weighted by Crippen LogP contribution is 2.26. The molecule has 1 aromatic carbocycles. The Bertz CT molecular complexity index is 727. The molecule has 0 amide bonds. The van der Waals surface area contributed by atoms with Crippen molar-refractivity contribution in [1.29, 1.82) is 0 Å². The normalized spacial score (nSPS) is 12.9. The summed E-state index contributed by atoms with van der Waals surface area (Å²) in [6.07, 6.45) is 2.33. The zero-order chi connectivity index (χ0) is 14.1. The van der Waals surface area contributed by atoms with Crippen LogP contribution in [0.3, 0.4) is 0 Å². The van der Waals surface area contributed by atoms with Gasteiger partial charge in [0.1, 0.15) is 5.76 Å². The molecule has 0 saturated heterocycles. The highest BCUT2D eigenvalue weighted by Gasteiger charge is 2.18. The van der Waals surface area contributed by atoms with Gasteiger partial charge in [0.2, 0.25) is 0 Å². The van der Waals surface area contributed by atoms with Crippen LogP contribution in [0.15, 0.2) is 41.0 Å². The molecule has 3 rings (SSSR count). The second-order valence-electron chi connectivity index (χ2n) is 4.96. The van der Waals surface area contributed by atoms with Gasteiger partial charge in [-0.3, -0.25) is 4.68 Å². The minimum atomic E-state index is -0.581. The molecule has 4 nitrogen and oxygen atoms in total. The lowest BCUT2D eigenvalue weighted by Gasteiger charge is -2.08. The van der Waals surface area contributed by atoms with Crippen molar-refractivity contribution in [2.24, 2.45) is 7.05 Å². The maximum atomic E-state index is 10.4. The van der Waals surface area contributed by atoms with Crippen LogP contribution in [-0.4, -0.2) is 14.9 Å². The van der Waals surface area contributed by atoms with Gasteiger partial charge in [-0.15, -0.1) is 0 Å². The van der Waals surface area contributed by atoms with Crippen LogP contribution >= 0.6 is 0 Å². The smallest absolute Gasteiger partial charge is 0.109 e. The zero-order valence-corrected chi connectivity index (χ0v) is 11.7. The fraction of sp³-hybridized carbons (Fsp3) is 0.312. The number of hydrogen-bond donors (Lipinski definition) is 1. The third-order valence-corrected chi connectivity index (χ3v) is 3.68. The number of fused-ring (bicyclic) bond motifs is 1. The van der Waals surface area contributed by atoms with Crippen LogP contribution in [-0.2, 0) is 19.9 Å². The van der Waals surface area contributed by atoms with Crippen molar-refractivity contribution in [3.63, 3.8) is 0 Å². The van der Waals surface area contributed by atoms with Gasteiger partial charge in [-0.25, -0.2) is 0 Å². The zero-order valence-electron chi connectivity index (χ0n) is 11.7. The molecular weight excluding hydrogens is 252 g/mol. The molecule has 0 aliphatic carbocycles. The van der Waals surface area contributed by atoms with Crippen molar-refractivity contribution in [2.75, 3.05) is 0 Å². The maximum absolute atomic E-state index is 10.4. The van der Waals surface area contributed by atoms with E-state index in [4.69, 9.17) is 4.42 Å². The Labute approximate surface area is 117 Å². The maximum Gasteiger partial charge on any atom is 0.109 e. The summed E-state index contributed by atoms with van der Waals surface area (Å²) in [4.78, 5) is 0. The molecule has 0 bridgehead atoms. The molecule has 1 unspecified atom stereocenters. The molecular formula is C16H18N2O2. The molecule has 20 heavy (non-hydrogen) atoms. The molecule has 0 fully saturated rings. The fourth-order valence-electron chi connectivity index (χ4n) is 2.67. The van der Waals surface area contributed by atoms with Gasteiger partial charge in [-0.1, -0.05) is 25.1 Å². The van der Waals surface area contributed by atoms with E-state index in [0.717, 1.165) is 34.3 Å². The summed E-state index contributed by atoms with van der Waals surface area (Å²) in [5.74, 6) is 0.845. The molecule has 1 N–H and O–H groups in total. The number of benzene rings is 1. The first-order valence-electron chi connectivity index (χ1n) is 6.85. The van der Waals surface area contributed by atoms with Crippen LogP contribution in [0.25, 0.3) is 10.9 Å².